The zero-order chi connectivity index (χ0) is 40.2. The van der Waals surface area contributed by atoms with Crippen LogP contribution in [-0.2, 0) is 5.41 Å². The molecule has 0 bridgehead atoms. The lowest BCUT2D eigenvalue weighted by Gasteiger charge is -2.34. The molecule has 1 aliphatic heterocycles. The van der Waals surface area contributed by atoms with Gasteiger partial charge in [0.15, 0.2) is 0 Å². The molecule has 2 aliphatic carbocycles. The van der Waals surface area contributed by atoms with Crippen molar-refractivity contribution in [1.29, 1.82) is 0 Å². The number of fused-ring (bicyclic) bond motifs is 6. The Balaban J connectivity index is 0.000000272. The molecule has 0 aromatic heterocycles. The first-order chi connectivity index (χ1) is 29.0. The molecule has 11 rings (SSSR count). The average Bonchev–Trinajstić information content (AvgIpc) is 3.78. The van der Waals surface area contributed by atoms with Crippen LogP contribution in [0.15, 0.2) is 230 Å². The Hall–Kier alpha value is -6.96. The summed E-state index contributed by atoms with van der Waals surface area (Å²) in [4.78, 5) is 2.53. The first-order valence-electron chi connectivity index (χ1n) is 20.8. The number of rotatable bonds is 4. The second-order valence-electron chi connectivity index (χ2n) is 15.9. The predicted molar refractivity (Wildman–Crippen MR) is 249 cm³/mol. The highest BCUT2D eigenvalue weighted by molar-refractivity contribution is 5.90. The number of allylic oxidation sites excluding steroid dienone is 4. The Labute approximate surface area is 350 Å². The van der Waals surface area contributed by atoms with E-state index in [0.717, 1.165) is 6.42 Å². The lowest BCUT2D eigenvalue weighted by atomic mass is 9.67. The lowest BCUT2D eigenvalue weighted by Crippen LogP contribution is -2.28. The van der Waals surface area contributed by atoms with Crippen LogP contribution in [0.4, 0.5) is 11.4 Å². The summed E-state index contributed by atoms with van der Waals surface area (Å²) < 4.78 is 0. The van der Waals surface area contributed by atoms with Gasteiger partial charge in [-0.05, 0) is 102 Å². The van der Waals surface area contributed by atoms with Crippen molar-refractivity contribution in [2.75, 3.05) is 4.90 Å². The fraction of sp³-hybridized carbons (Fsp3) is 0.103. The van der Waals surface area contributed by atoms with Crippen LogP contribution in [0.2, 0.25) is 0 Å². The summed E-state index contributed by atoms with van der Waals surface area (Å²) in [6.07, 6.45) is 7.89. The lowest BCUT2D eigenvalue weighted by molar-refractivity contribution is 0.767. The van der Waals surface area contributed by atoms with E-state index in [0.29, 0.717) is 5.92 Å². The smallest absolute Gasteiger partial charge is 0.0714 e. The molecule has 1 unspecified atom stereocenters. The largest absolute Gasteiger partial charge is 0.313 e. The van der Waals surface area contributed by atoms with Crippen LogP contribution in [0.3, 0.4) is 0 Å². The number of anilines is 2. The van der Waals surface area contributed by atoms with Gasteiger partial charge in [0.25, 0.3) is 0 Å². The van der Waals surface area contributed by atoms with Gasteiger partial charge in [-0.2, -0.15) is 0 Å². The van der Waals surface area contributed by atoms with Gasteiger partial charge in [0.2, 0.25) is 0 Å². The SMILES string of the molecule is Cc1cccc(-c2ccc3c(c2)N(c2ccc4c(c2)C(c2ccccc2)(c2ccccc2)c2ccccc2-4)C2=CC=CCC23)c1.Cc1ccccc1.Cc1ccccc1. The summed E-state index contributed by atoms with van der Waals surface area (Å²) >= 11 is 0. The molecule has 0 fully saturated rings. The second-order valence-corrected chi connectivity index (χ2v) is 15.9. The van der Waals surface area contributed by atoms with E-state index in [4.69, 9.17) is 0 Å². The van der Waals surface area contributed by atoms with E-state index in [2.05, 4.69) is 214 Å². The zero-order valence-electron chi connectivity index (χ0n) is 34.1. The summed E-state index contributed by atoms with van der Waals surface area (Å²) in [5, 5.41) is 0. The molecule has 286 valence electrons. The maximum atomic E-state index is 2.53. The molecule has 1 heteroatoms. The van der Waals surface area contributed by atoms with Gasteiger partial charge < -0.3 is 4.90 Å². The van der Waals surface area contributed by atoms with Gasteiger partial charge in [-0.25, -0.2) is 0 Å². The third-order valence-electron chi connectivity index (χ3n) is 12.0. The number of hydrogen-bond donors (Lipinski definition) is 0. The van der Waals surface area contributed by atoms with Crippen LogP contribution >= 0.6 is 0 Å². The Morgan fingerprint density at radius 2 is 1.02 bits per heavy atom. The third kappa shape index (κ3) is 7.15. The summed E-state index contributed by atoms with van der Waals surface area (Å²) in [5.41, 5.74) is 19.2. The van der Waals surface area contributed by atoms with E-state index in [1.165, 1.54) is 83.8 Å². The minimum atomic E-state index is -0.420. The van der Waals surface area contributed by atoms with Gasteiger partial charge in [-0.15, -0.1) is 0 Å². The first kappa shape index (κ1) is 37.6. The van der Waals surface area contributed by atoms with Crippen LogP contribution < -0.4 is 4.90 Å². The zero-order valence-corrected chi connectivity index (χ0v) is 34.1. The van der Waals surface area contributed by atoms with E-state index in [1.807, 2.05) is 36.4 Å². The Bertz CT molecular complexity index is 2680. The Kier molecular flexibility index (Phi) is 10.5. The molecule has 1 heterocycles. The van der Waals surface area contributed by atoms with Gasteiger partial charge in [0.1, 0.15) is 0 Å². The van der Waals surface area contributed by atoms with E-state index in [1.54, 1.807) is 0 Å². The van der Waals surface area contributed by atoms with Crippen molar-refractivity contribution >= 4 is 11.4 Å². The van der Waals surface area contributed by atoms with Crippen molar-refractivity contribution in [3.63, 3.8) is 0 Å². The van der Waals surface area contributed by atoms with Gasteiger partial charge in [-0.1, -0.05) is 217 Å². The molecular weight excluding hydrogens is 711 g/mol. The molecule has 0 saturated carbocycles. The van der Waals surface area contributed by atoms with Gasteiger partial charge in [0.05, 0.1) is 11.1 Å². The highest BCUT2D eigenvalue weighted by Crippen LogP contribution is 2.58. The standard InChI is InChI=1S/C44H33N.2C7H8/c1-30-13-12-14-31(27-30)32-23-25-39-38-20-9-11-22-42(38)45(43(39)28-32)35-24-26-37-36-19-8-10-21-40(36)44(41(37)29-35,33-15-4-2-5-16-33)34-17-6-3-7-18-34;2*1-7-5-3-2-4-6-7/h2-19,21-29,38H,20H2,1H3;2*2-6H,1H3. The molecule has 0 saturated heterocycles. The maximum absolute atomic E-state index is 2.53. The number of aryl methyl sites for hydroxylation is 3. The number of benzene rings is 8. The molecule has 3 aliphatic rings. The summed E-state index contributed by atoms with van der Waals surface area (Å²) in [7, 11) is 0. The maximum Gasteiger partial charge on any atom is 0.0714 e. The molecule has 59 heavy (non-hydrogen) atoms. The van der Waals surface area contributed by atoms with Crippen LogP contribution in [-0.4, -0.2) is 0 Å². The summed E-state index contributed by atoms with van der Waals surface area (Å²) in [6.45, 7) is 6.34. The molecule has 0 spiro atoms. The van der Waals surface area contributed by atoms with Crippen LogP contribution in [0.25, 0.3) is 22.3 Å². The van der Waals surface area contributed by atoms with Crippen molar-refractivity contribution in [2.24, 2.45) is 0 Å². The van der Waals surface area contributed by atoms with Gasteiger partial charge in [-0.3, -0.25) is 0 Å². The van der Waals surface area contributed by atoms with Crippen LogP contribution in [0.5, 0.6) is 0 Å². The van der Waals surface area contributed by atoms with E-state index in [-0.39, 0.29) is 0 Å². The fourth-order valence-corrected chi connectivity index (χ4v) is 9.24. The quantitative estimate of drug-likeness (QED) is 0.173. The third-order valence-corrected chi connectivity index (χ3v) is 12.0. The van der Waals surface area contributed by atoms with Crippen molar-refractivity contribution in [3.05, 3.63) is 275 Å². The molecule has 0 N–H and O–H groups in total. The van der Waals surface area contributed by atoms with Crippen molar-refractivity contribution < 1.29 is 0 Å². The fourth-order valence-electron chi connectivity index (χ4n) is 9.24. The van der Waals surface area contributed by atoms with Crippen molar-refractivity contribution in [1.82, 2.24) is 0 Å². The molecule has 1 nitrogen and oxygen atoms in total. The van der Waals surface area contributed by atoms with Crippen LogP contribution in [0.1, 0.15) is 56.8 Å². The molecular formula is C58H49N. The number of hydrogen-bond acceptors (Lipinski definition) is 1. The van der Waals surface area contributed by atoms with Crippen LogP contribution in [0, 0.1) is 20.8 Å². The van der Waals surface area contributed by atoms with Crippen molar-refractivity contribution in [2.45, 2.75) is 38.5 Å². The molecule has 0 amide bonds. The first-order valence-corrected chi connectivity index (χ1v) is 20.8. The Morgan fingerprint density at radius 1 is 0.458 bits per heavy atom. The number of nitrogens with zero attached hydrogens (tertiary/aromatic N) is 1. The molecule has 8 aromatic carbocycles. The molecule has 1 atom stereocenters. The normalized spacial score (nSPS) is 14.9. The van der Waals surface area contributed by atoms with Crippen molar-refractivity contribution in [3.8, 4) is 22.3 Å². The molecule has 0 radical (unpaired) electrons. The van der Waals surface area contributed by atoms with E-state index < -0.39 is 5.41 Å². The molecule has 8 aromatic rings. The minimum absolute atomic E-state index is 0.356. The summed E-state index contributed by atoms with van der Waals surface area (Å²) in [5.74, 6) is 0.356. The highest BCUT2D eigenvalue weighted by Gasteiger charge is 2.46. The van der Waals surface area contributed by atoms with E-state index in [9.17, 15) is 0 Å². The topological polar surface area (TPSA) is 3.24 Å². The Morgan fingerprint density at radius 3 is 1.63 bits per heavy atom. The average molecular weight is 760 g/mol. The monoisotopic (exact) mass is 759 g/mol. The highest BCUT2D eigenvalue weighted by atomic mass is 15.2. The minimum Gasteiger partial charge on any atom is -0.313 e. The van der Waals surface area contributed by atoms with Gasteiger partial charge in [0, 0.05) is 17.3 Å². The van der Waals surface area contributed by atoms with E-state index >= 15 is 0 Å². The summed E-state index contributed by atoms with van der Waals surface area (Å²) in [6, 6.07) is 74.8. The second kappa shape index (κ2) is 16.5. The predicted octanol–water partition coefficient (Wildman–Crippen LogP) is 15.1. The van der Waals surface area contributed by atoms with Gasteiger partial charge >= 0.3 is 0 Å².